The lowest BCUT2D eigenvalue weighted by molar-refractivity contribution is -0.138. The summed E-state index contributed by atoms with van der Waals surface area (Å²) in [6.07, 6.45) is 5.45. The smallest absolute Gasteiger partial charge is 0.416 e. The van der Waals surface area contributed by atoms with Gasteiger partial charge in [0.15, 0.2) is 5.82 Å². The van der Waals surface area contributed by atoms with Crippen LogP contribution in [0.25, 0.3) is 17.8 Å². The monoisotopic (exact) mass is 564 g/mol. The van der Waals surface area contributed by atoms with Crippen molar-refractivity contribution in [2.45, 2.75) is 71.5 Å². The van der Waals surface area contributed by atoms with E-state index in [0.717, 1.165) is 49.0 Å². The Morgan fingerprint density at radius 3 is 2.56 bits per heavy atom. The Hall–Kier alpha value is -3.95. The van der Waals surface area contributed by atoms with Crippen LogP contribution >= 0.6 is 0 Å². The second kappa shape index (κ2) is 11.9. The van der Waals surface area contributed by atoms with Gasteiger partial charge in [-0.1, -0.05) is 44.9 Å². The highest BCUT2D eigenvalue weighted by atomic mass is 19.4. The summed E-state index contributed by atoms with van der Waals surface area (Å²) in [5.74, 6) is 2.51. The molecule has 3 aromatic heterocycles. The van der Waals surface area contributed by atoms with Crippen LogP contribution in [0.2, 0.25) is 0 Å². The van der Waals surface area contributed by atoms with Crippen molar-refractivity contribution in [3.8, 4) is 11.6 Å². The second-order valence-corrected chi connectivity index (χ2v) is 10.5. The van der Waals surface area contributed by atoms with E-state index >= 15 is 0 Å². The van der Waals surface area contributed by atoms with Crippen LogP contribution in [0.4, 0.5) is 13.2 Å². The first-order valence-corrected chi connectivity index (χ1v) is 14.1. The maximum Gasteiger partial charge on any atom is 0.416 e. The SMILES string of the molecule is CCC(CC)Cc1nc(C)cn1-c1ccc(C=Cc2nc3n(n2)CCCC3c2ccccc2C(F)(F)F)nc1OC. The number of benzene rings is 1. The zero-order valence-corrected chi connectivity index (χ0v) is 23.8. The maximum absolute atomic E-state index is 13.7. The van der Waals surface area contributed by atoms with Gasteiger partial charge in [0.05, 0.1) is 24.1 Å². The molecule has 0 spiro atoms. The lowest BCUT2D eigenvalue weighted by Crippen LogP contribution is -2.21. The molecule has 0 saturated heterocycles. The minimum atomic E-state index is -4.43. The number of fused-ring (bicyclic) bond motifs is 1. The fourth-order valence-corrected chi connectivity index (χ4v) is 5.56. The van der Waals surface area contributed by atoms with Gasteiger partial charge in [-0.15, -0.1) is 0 Å². The van der Waals surface area contributed by atoms with Gasteiger partial charge in [0, 0.05) is 25.1 Å². The number of ether oxygens (including phenoxy) is 1. The van der Waals surface area contributed by atoms with Crippen LogP contribution in [-0.4, -0.2) is 36.4 Å². The van der Waals surface area contributed by atoms with Crippen LogP contribution in [0, 0.1) is 12.8 Å². The molecule has 4 heterocycles. The van der Waals surface area contributed by atoms with Crippen molar-refractivity contribution in [2.75, 3.05) is 7.11 Å². The van der Waals surface area contributed by atoms with Gasteiger partial charge >= 0.3 is 6.18 Å². The van der Waals surface area contributed by atoms with Crippen molar-refractivity contribution in [1.29, 1.82) is 0 Å². The molecule has 0 aliphatic carbocycles. The molecular weight excluding hydrogens is 529 g/mol. The molecule has 0 saturated carbocycles. The molecule has 10 heteroatoms. The molecule has 7 nitrogen and oxygen atoms in total. The number of halogens is 3. The summed E-state index contributed by atoms with van der Waals surface area (Å²) in [4.78, 5) is 14.1. The Bertz CT molecular complexity index is 1530. The number of hydrogen-bond acceptors (Lipinski definition) is 5. The largest absolute Gasteiger partial charge is 0.479 e. The number of hydrogen-bond donors (Lipinski definition) is 0. The number of pyridine rings is 1. The fourth-order valence-electron chi connectivity index (χ4n) is 5.56. The Labute approximate surface area is 238 Å². The molecule has 1 aliphatic rings. The van der Waals surface area contributed by atoms with Crippen LogP contribution in [0.15, 0.2) is 42.6 Å². The van der Waals surface area contributed by atoms with E-state index in [1.165, 1.54) is 6.07 Å². The predicted octanol–water partition coefficient (Wildman–Crippen LogP) is 7.27. The number of methoxy groups -OCH3 is 1. The molecule has 0 bridgehead atoms. The lowest BCUT2D eigenvalue weighted by Gasteiger charge is -2.25. The van der Waals surface area contributed by atoms with E-state index in [1.807, 2.05) is 25.3 Å². The maximum atomic E-state index is 13.7. The van der Waals surface area contributed by atoms with Gasteiger partial charge < -0.3 is 4.74 Å². The lowest BCUT2D eigenvalue weighted by atomic mass is 9.88. The summed E-state index contributed by atoms with van der Waals surface area (Å²) >= 11 is 0. The number of aryl methyl sites for hydroxylation is 2. The zero-order chi connectivity index (χ0) is 29.1. The van der Waals surface area contributed by atoms with Crippen LogP contribution in [-0.2, 0) is 19.1 Å². The molecule has 0 fully saturated rings. The summed E-state index contributed by atoms with van der Waals surface area (Å²) in [7, 11) is 1.59. The van der Waals surface area contributed by atoms with Gasteiger partial charge in [-0.25, -0.2) is 19.6 Å². The van der Waals surface area contributed by atoms with Crippen LogP contribution in [0.1, 0.15) is 85.4 Å². The molecule has 0 radical (unpaired) electrons. The van der Waals surface area contributed by atoms with Gasteiger partial charge in [0.1, 0.15) is 17.3 Å². The van der Waals surface area contributed by atoms with Crippen LogP contribution in [0.5, 0.6) is 5.88 Å². The first kappa shape index (κ1) is 28.6. The molecule has 1 unspecified atom stereocenters. The molecule has 0 amide bonds. The highest BCUT2D eigenvalue weighted by Crippen LogP contribution is 2.40. The standard InChI is InChI=1S/C31H35F3N6O/c1-5-21(6-2)18-28-35-20(3)19-39(28)26-15-13-22(36-30(26)41-4)14-16-27-37-29-24(11-9-17-40(29)38-27)23-10-7-8-12-25(23)31(32,33)34/h7-8,10,12-16,19,21,24H,5-6,9,11,17-18H2,1-4H3. The van der Waals surface area contributed by atoms with E-state index in [2.05, 4.69) is 28.5 Å². The average molecular weight is 565 g/mol. The topological polar surface area (TPSA) is 70.7 Å². The third-order valence-corrected chi connectivity index (χ3v) is 7.78. The minimum Gasteiger partial charge on any atom is -0.479 e. The highest BCUT2D eigenvalue weighted by molar-refractivity contribution is 5.66. The predicted molar refractivity (Wildman–Crippen MR) is 152 cm³/mol. The second-order valence-electron chi connectivity index (χ2n) is 10.5. The van der Waals surface area contributed by atoms with Crippen molar-refractivity contribution < 1.29 is 17.9 Å². The van der Waals surface area contributed by atoms with E-state index in [4.69, 9.17) is 14.7 Å². The summed E-state index contributed by atoms with van der Waals surface area (Å²) in [5, 5.41) is 4.57. The molecule has 1 aromatic carbocycles. The first-order chi connectivity index (χ1) is 19.7. The molecule has 41 heavy (non-hydrogen) atoms. The molecule has 4 aromatic rings. The van der Waals surface area contributed by atoms with Crippen molar-refractivity contribution >= 4 is 12.2 Å². The minimum absolute atomic E-state index is 0.240. The Morgan fingerprint density at radius 1 is 1.05 bits per heavy atom. The van der Waals surface area contributed by atoms with Crippen molar-refractivity contribution in [2.24, 2.45) is 5.92 Å². The summed E-state index contributed by atoms with van der Waals surface area (Å²) in [5.41, 5.74) is 2.02. The van der Waals surface area contributed by atoms with Gasteiger partial charge in [-0.3, -0.25) is 4.57 Å². The van der Waals surface area contributed by atoms with E-state index in [-0.39, 0.29) is 5.56 Å². The number of nitrogens with zero attached hydrogens (tertiary/aromatic N) is 6. The normalized spacial score (nSPS) is 15.6. The third kappa shape index (κ3) is 6.06. The van der Waals surface area contributed by atoms with Crippen LogP contribution < -0.4 is 4.74 Å². The van der Waals surface area contributed by atoms with Gasteiger partial charge in [-0.2, -0.15) is 18.3 Å². The first-order valence-electron chi connectivity index (χ1n) is 14.1. The number of rotatable bonds is 9. The summed E-state index contributed by atoms with van der Waals surface area (Å²) < 4.78 is 50.6. The summed E-state index contributed by atoms with van der Waals surface area (Å²) in [6, 6.07) is 9.59. The fraction of sp³-hybridized carbons (Fsp3) is 0.419. The number of aromatic nitrogens is 6. The Balaban J connectivity index is 1.41. The quantitative estimate of drug-likeness (QED) is 0.214. The average Bonchev–Trinajstić information content (AvgIpc) is 3.56. The van der Waals surface area contributed by atoms with Crippen LogP contribution in [0.3, 0.4) is 0 Å². The van der Waals surface area contributed by atoms with Gasteiger partial charge in [0.25, 0.3) is 0 Å². The third-order valence-electron chi connectivity index (χ3n) is 7.78. The molecule has 216 valence electrons. The molecule has 5 rings (SSSR count). The van der Waals surface area contributed by atoms with E-state index in [1.54, 1.807) is 36.1 Å². The molecule has 1 aliphatic heterocycles. The molecule has 0 N–H and O–H groups in total. The Kier molecular flexibility index (Phi) is 8.28. The van der Waals surface area contributed by atoms with Crippen molar-refractivity contribution in [1.82, 2.24) is 29.3 Å². The highest BCUT2D eigenvalue weighted by Gasteiger charge is 2.37. The summed E-state index contributed by atoms with van der Waals surface area (Å²) in [6.45, 7) is 6.99. The molecule has 1 atom stereocenters. The van der Waals surface area contributed by atoms with Gasteiger partial charge in [-0.05, 0) is 61.6 Å². The van der Waals surface area contributed by atoms with E-state index < -0.39 is 17.7 Å². The Morgan fingerprint density at radius 2 is 1.83 bits per heavy atom. The number of imidazole rings is 1. The molecular formula is C31H35F3N6O. The van der Waals surface area contributed by atoms with Crippen molar-refractivity contribution in [3.05, 3.63) is 82.6 Å². The zero-order valence-electron chi connectivity index (χ0n) is 23.8. The van der Waals surface area contributed by atoms with E-state index in [9.17, 15) is 13.2 Å². The number of alkyl halides is 3. The van der Waals surface area contributed by atoms with Gasteiger partial charge in [0.2, 0.25) is 5.88 Å². The van der Waals surface area contributed by atoms with E-state index in [0.29, 0.717) is 42.1 Å². The van der Waals surface area contributed by atoms with Crippen molar-refractivity contribution in [3.63, 3.8) is 0 Å².